The van der Waals surface area contributed by atoms with Crippen LogP contribution in [0, 0.1) is 11.6 Å². The lowest BCUT2D eigenvalue weighted by Gasteiger charge is -2.26. The zero-order valence-electron chi connectivity index (χ0n) is 21.9. The summed E-state index contributed by atoms with van der Waals surface area (Å²) in [4.78, 5) is 15.9. The zero-order chi connectivity index (χ0) is 29.0. The van der Waals surface area contributed by atoms with Crippen LogP contribution in [0.15, 0.2) is 52.4 Å². The van der Waals surface area contributed by atoms with Gasteiger partial charge in [-0.25, -0.2) is 27.0 Å². The van der Waals surface area contributed by atoms with Gasteiger partial charge in [-0.2, -0.15) is 0 Å². The van der Waals surface area contributed by atoms with Crippen molar-refractivity contribution in [2.75, 3.05) is 16.2 Å². The molecule has 13 heteroatoms. The third kappa shape index (κ3) is 7.46. The van der Waals surface area contributed by atoms with Gasteiger partial charge < -0.3 is 14.8 Å². The molecule has 0 saturated carbocycles. The number of halogens is 3. The molecule has 0 aliphatic heterocycles. The summed E-state index contributed by atoms with van der Waals surface area (Å²) < 4.78 is 67.6. The molecule has 1 heterocycles. The van der Waals surface area contributed by atoms with Crippen molar-refractivity contribution in [1.82, 2.24) is 4.98 Å². The number of hydrogen-bond donors (Lipinski definition) is 1. The highest BCUT2D eigenvalue weighted by Gasteiger charge is 2.38. The SMILES string of the molecule is CCO/C=C/c1ccc(F)c([C@H](C)Nc2cc(F)c(S(=O)(=O)N(C(=O)OC(C)(C)C)c3cscn3)cc2Cl)c1. The lowest BCUT2D eigenvalue weighted by molar-refractivity contribution is 0.0608. The lowest BCUT2D eigenvalue weighted by Crippen LogP contribution is -2.41. The minimum absolute atomic E-state index is 0.0211. The van der Waals surface area contributed by atoms with Gasteiger partial charge in [-0.15, -0.1) is 15.6 Å². The molecule has 1 aromatic heterocycles. The predicted octanol–water partition coefficient (Wildman–Crippen LogP) is 7.39. The van der Waals surface area contributed by atoms with Crippen molar-refractivity contribution in [2.24, 2.45) is 0 Å². The van der Waals surface area contributed by atoms with Crippen molar-refractivity contribution in [3.63, 3.8) is 0 Å². The Hall–Kier alpha value is -3.22. The number of carbonyl (C=O) groups excluding carboxylic acids is 1. The van der Waals surface area contributed by atoms with E-state index in [1.165, 1.54) is 23.2 Å². The average Bonchev–Trinajstić information content (AvgIpc) is 3.35. The van der Waals surface area contributed by atoms with Gasteiger partial charge in [0.05, 0.1) is 35.1 Å². The number of thiazole rings is 1. The number of hydrogen-bond acceptors (Lipinski definition) is 8. The molecule has 3 rings (SSSR count). The molecule has 210 valence electrons. The van der Waals surface area contributed by atoms with Crippen LogP contribution in [-0.2, 0) is 19.5 Å². The maximum atomic E-state index is 15.3. The first-order valence-electron chi connectivity index (χ1n) is 11.7. The van der Waals surface area contributed by atoms with Gasteiger partial charge in [0.1, 0.15) is 22.1 Å². The van der Waals surface area contributed by atoms with Crippen LogP contribution in [0.1, 0.15) is 51.8 Å². The molecule has 3 aromatic rings. The topological polar surface area (TPSA) is 97.8 Å². The van der Waals surface area contributed by atoms with Gasteiger partial charge in [0.25, 0.3) is 10.0 Å². The largest absolute Gasteiger partial charge is 0.501 e. The molecular formula is C26H28ClF2N3O5S2. The normalized spacial score (nSPS) is 12.8. The fourth-order valence-corrected chi connectivity index (χ4v) is 5.61. The fraction of sp³-hybridized carbons (Fsp3) is 0.308. The van der Waals surface area contributed by atoms with Gasteiger partial charge in [-0.3, -0.25) is 0 Å². The molecule has 0 bridgehead atoms. The Morgan fingerprint density at radius 2 is 1.95 bits per heavy atom. The van der Waals surface area contributed by atoms with E-state index >= 15 is 4.39 Å². The van der Waals surface area contributed by atoms with Crippen molar-refractivity contribution < 1.29 is 31.5 Å². The zero-order valence-corrected chi connectivity index (χ0v) is 24.3. The molecule has 0 aliphatic carbocycles. The van der Waals surface area contributed by atoms with E-state index in [4.69, 9.17) is 21.1 Å². The van der Waals surface area contributed by atoms with E-state index in [0.717, 1.165) is 23.5 Å². The Kier molecular flexibility index (Phi) is 9.57. The summed E-state index contributed by atoms with van der Waals surface area (Å²) in [5.74, 6) is -1.95. The Balaban J connectivity index is 1.95. The number of nitrogens with one attached hydrogen (secondary N) is 1. The smallest absolute Gasteiger partial charge is 0.430 e. The number of anilines is 2. The quantitative estimate of drug-likeness (QED) is 0.256. The molecule has 0 aliphatic rings. The highest BCUT2D eigenvalue weighted by atomic mass is 35.5. The number of rotatable bonds is 9. The van der Waals surface area contributed by atoms with Crippen LogP contribution in [0.25, 0.3) is 6.08 Å². The summed E-state index contributed by atoms with van der Waals surface area (Å²) in [5, 5.41) is 4.05. The molecule has 0 radical (unpaired) electrons. The van der Waals surface area contributed by atoms with Gasteiger partial charge in [0, 0.05) is 10.9 Å². The first kappa shape index (κ1) is 30.3. The molecule has 0 saturated heterocycles. The van der Waals surface area contributed by atoms with Crippen LogP contribution in [0.5, 0.6) is 0 Å². The summed E-state index contributed by atoms with van der Waals surface area (Å²) in [7, 11) is -4.83. The van der Waals surface area contributed by atoms with Gasteiger partial charge in [-0.05, 0) is 70.5 Å². The first-order chi connectivity index (χ1) is 18.2. The first-order valence-corrected chi connectivity index (χ1v) is 14.5. The van der Waals surface area contributed by atoms with E-state index in [1.54, 1.807) is 45.9 Å². The number of benzene rings is 2. The number of ether oxygens (including phenoxy) is 2. The monoisotopic (exact) mass is 599 g/mol. The van der Waals surface area contributed by atoms with Crippen LogP contribution in [0.4, 0.5) is 25.1 Å². The maximum Gasteiger partial charge on any atom is 0.430 e. The van der Waals surface area contributed by atoms with Gasteiger partial charge in [0.15, 0.2) is 5.82 Å². The Labute approximate surface area is 235 Å². The highest BCUT2D eigenvalue weighted by Crippen LogP contribution is 2.34. The molecule has 0 fully saturated rings. The summed E-state index contributed by atoms with van der Waals surface area (Å²) in [6.45, 7) is 8.63. The minimum Gasteiger partial charge on any atom is -0.501 e. The van der Waals surface area contributed by atoms with E-state index in [1.807, 2.05) is 6.92 Å². The third-order valence-electron chi connectivity index (χ3n) is 5.11. The third-order valence-corrected chi connectivity index (χ3v) is 7.68. The minimum atomic E-state index is -4.83. The Bertz CT molecular complexity index is 1460. The van der Waals surface area contributed by atoms with Crippen LogP contribution in [0.3, 0.4) is 0 Å². The van der Waals surface area contributed by atoms with Crippen LogP contribution >= 0.6 is 22.9 Å². The summed E-state index contributed by atoms with van der Waals surface area (Å²) >= 11 is 7.39. The van der Waals surface area contributed by atoms with Crippen molar-refractivity contribution in [1.29, 1.82) is 0 Å². The van der Waals surface area contributed by atoms with E-state index in [9.17, 15) is 17.6 Å². The number of nitrogens with zero attached hydrogens (tertiary/aromatic N) is 2. The van der Waals surface area contributed by atoms with Crippen molar-refractivity contribution in [3.8, 4) is 0 Å². The predicted molar refractivity (Wildman–Crippen MR) is 149 cm³/mol. The average molecular weight is 600 g/mol. The van der Waals surface area contributed by atoms with Crippen molar-refractivity contribution >= 4 is 56.6 Å². The molecule has 1 N–H and O–H groups in total. The number of aromatic nitrogens is 1. The Morgan fingerprint density at radius 3 is 2.56 bits per heavy atom. The van der Waals surface area contributed by atoms with Crippen LogP contribution in [0.2, 0.25) is 5.02 Å². The second kappa shape index (κ2) is 12.3. The summed E-state index contributed by atoms with van der Waals surface area (Å²) in [6, 6.07) is 5.53. The van der Waals surface area contributed by atoms with Gasteiger partial charge in [0.2, 0.25) is 0 Å². The van der Waals surface area contributed by atoms with E-state index in [-0.39, 0.29) is 26.4 Å². The molecule has 39 heavy (non-hydrogen) atoms. The second-order valence-corrected chi connectivity index (χ2v) is 12.1. The number of sulfonamides is 1. The molecule has 0 spiro atoms. The van der Waals surface area contributed by atoms with Gasteiger partial charge >= 0.3 is 6.09 Å². The summed E-state index contributed by atoms with van der Waals surface area (Å²) in [5.41, 5.74) is 1.25. The summed E-state index contributed by atoms with van der Waals surface area (Å²) in [6.07, 6.45) is 1.91. The molecular weight excluding hydrogens is 572 g/mol. The van der Waals surface area contributed by atoms with Crippen molar-refractivity contribution in [3.05, 3.63) is 75.3 Å². The standard InChI is InChI=1S/C26H28ClF2N3O5S2/c1-6-36-10-9-17-7-8-20(28)18(11-17)16(2)31-22-13-21(29)23(12-19(22)27)39(34,35)32(24-14-38-15-30-24)25(33)37-26(3,4)5/h7-16,31H,6H2,1-5H3/b10-9+/t16-/m0/s1. The number of carbonyl (C=O) groups is 1. The second-order valence-electron chi connectivity index (χ2n) is 9.26. The van der Waals surface area contributed by atoms with Crippen molar-refractivity contribution in [2.45, 2.75) is 51.2 Å². The Morgan fingerprint density at radius 1 is 1.23 bits per heavy atom. The number of amides is 1. The van der Waals surface area contributed by atoms with E-state index < -0.39 is 44.3 Å². The van der Waals surface area contributed by atoms with E-state index in [2.05, 4.69) is 10.3 Å². The van der Waals surface area contributed by atoms with E-state index in [0.29, 0.717) is 12.2 Å². The van der Waals surface area contributed by atoms with Crippen LogP contribution < -0.4 is 9.62 Å². The highest BCUT2D eigenvalue weighted by molar-refractivity contribution is 7.93. The molecule has 1 atom stereocenters. The van der Waals surface area contributed by atoms with Gasteiger partial charge in [-0.1, -0.05) is 17.7 Å². The fourth-order valence-electron chi connectivity index (χ4n) is 3.39. The van der Waals surface area contributed by atoms with Crippen LogP contribution in [-0.4, -0.2) is 31.7 Å². The molecule has 0 unspecified atom stereocenters. The molecule has 1 amide bonds. The molecule has 2 aromatic carbocycles. The molecule has 8 nitrogen and oxygen atoms in total. The maximum absolute atomic E-state index is 15.3. The lowest BCUT2D eigenvalue weighted by atomic mass is 10.0.